The fraction of sp³-hybridized carbons (Fsp3) is 0.429. The van der Waals surface area contributed by atoms with E-state index in [0.29, 0.717) is 17.1 Å². The molecule has 1 aromatic rings. The van der Waals surface area contributed by atoms with E-state index in [1.54, 1.807) is 12.1 Å². The molecule has 0 fully saturated rings. The number of carbonyl (C=O) groups excluding carboxylic acids is 2. The number of hydrogen-bond donors (Lipinski definition) is 2. The van der Waals surface area contributed by atoms with Crippen LogP contribution < -0.4 is 11.1 Å². The van der Waals surface area contributed by atoms with Gasteiger partial charge in [0.2, 0.25) is 5.91 Å². The number of nitrogens with one attached hydrogen (secondary N) is 1. The summed E-state index contributed by atoms with van der Waals surface area (Å²) in [6.45, 7) is 2.25. The molecule has 0 aliphatic carbocycles. The predicted octanol–water partition coefficient (Wildman–Crippen LogP) is 2.44. The highest BCUT2D eigenvalue weighted by Gasteiger charge is 2.19. The molecule has 0 aliphatic rings. The second-order valence-electron chi connectivity index (χ2n) is 4.39. The van der Waals surface area contributed by atoms with E-state index in [4.69, 9.17) is 17.3 Å². The van der Waals surface area contributed by atoms with E-state index >= 15 is 0 Å². The van der Waals surface area contributed by atoms with Gasteiger partial charge in [0.05, 0.1) is 24.3 Å². The molecular weight excluding hydrogens is 280 g/mol. The molecular formula is C14H19ClN2O3. The Bertz CT molecular complexity index is 491. The van der Waals surface area contributed by atoms with Crippen molar-refractivity contribution in [3.05, 3.63) is 28.8 Å². The van der Waals surface area contributed by atoms with Crippen LogP contribution in [0, 0.1) is 5.92 Å². The number of rotatable bonds is 6. The number of nitrogens with two attached hydrogens (primary N) is 1. The average Bonchev–Trinajstić information content (AvgIpc) is 2.45. The van der Waals surface area contributed by atoms with E-state index in [2.05, 4.69) is 10.1 Å². The summed E-state index contributed by atoms with van der Waals surface area (Å²) >= 11 is 5.85. The van der Waals surface area contributed by atoms with Gasteiger partial charge in [0.1, 0.15) is 0 Å². The molecule has 1 aromatic carbocycles. The number of esters is 1. The number of hydrogen-bond acceptors (Lipinski definition) is 4. The fourth-order valence-corrected chi connectivity index (χ4v) is 2.02. The van der Waals surface area contributed by atoms with Gasteiger partial charge in [0.15, 0.2) is 0 Å². The van der Waals surface area contributed by atoms with E-state index in [1.807, 2.05) is 6.92 Å². The summed E-state index contributed by atoms with van der Waals surface area (Å²) in [5.74, 6) is -1.04. The summed E-state index contributed by atoms with van der Waals surface area (Å²) < 4.78 is 4.67. The van der Waals surface area contributed by atoms with Crippen molar-refractivity contribution >= 4 is 29.2 Å². The van der Waals surface area contributed by atoms with Crippen LogP contribution in [0.15, 0.2) is 18.2 Å². The molecule has 6 heteroatoms. The summed E-state index contributed by atoms with van der Waals surface area (Å²) in [7, 11) is 1.27. The van der Waals surface area contributed by atoms with Crippen molar-refractivity contribution < 1.29 is 14.3 Å². The lowest BCUT2D eigenvalue weighted by Gasteiger charge is -2.15. The molecule has 3 N–H and O–H groups in total. The molecule has 110 valence electrons. The Morgan fingerprint density at radius 2 is 2.15 bits per heavy atom. The SMILES string of the molecule is CCCC(CN)C(=O)Nc1ccc(Cl)cc1C(=O)OC. The minimum atomic E-state index is -0.553. The molecule has 5 nitrogen and oxygen atoms in total. The van der Waals surface area contributed by atoms with Crippen molar-refractivity contribution in [2.24, 2.45) is 11.7 Å². The Labute approximate surface area is 123 Å². The van der Waals surface area contributed by atoms with E-state index in [0.717, 1.165) is 6.42 Å². The minimum Gasteiger partial charge on any atom is -0.465 e. The Balaban J connectivity index is 2.96. The molecule has 0 heterocycles. The van der Waals surface area contributed by atoms with Crippen LogP contribution in [0.4, 0.5) is 5.69 Å². The standard InChI is InChI=1S/C14H19ClN2O3/c1-3-4-9(8-16)13(18)17-12-6-5-10(15)7-11(12)14(19)20-2/h5-7,9H,3-4,8,16H2,1-2H3,(H,17,18). The topological polar surface area (TPSA) is 81.4 Å². The Morgan fingerprint density at radius 1 is 1.45 bits per heavy atom. The molecule has 1 unspecified atom stereocenters. The second-order valence-corrected chi connectivity index (χ2v) is 4.83. The van der Waals surface area contributed by atoms with Gasteiger partial charge in [0.25, 0.3) is 0 Å². The van der Waals surface area contributed by atoms with Gasteiger partial charge in [-0.15, -0.1) is 0 Å². The highest BCUT2D eigenvalue weighted by Crippen LogP contribution is 2.22. The first-order chi connectivity index (χ1) is 9.53. The third-order valence-electron chi connectivity index (χ3n) is 2.94. The predicted molar refractivity (Wildman–Crippen MR) is 78.9 cm³/mol. The highest BCUT2D eigenvalue weighted by atomic mass is 35.5. The molecule has 0 saturated carbocycles. The van der Waals surface area contributed by atoms with Gasteiger partial charge in [-0.25, -0.2) is 4.79 Å². The molecule has 0 spiro atoms. The first-order valence-corrected chi connectivity index (χ1v) is 6.80. The summed E-state index contributed by atoms with van der Waals surface area (Å²) in [4.78, 5) is 23.8. The number of methoxy groups -OCH3 is 1. The molecule has 0 bridgehead atoms. The third-order valence-corrected chi connectivity index (χ3v) is 3.17. The molecule has 0 saturated heterocycles. The zero-order valence-corrected chi connectivity index (χ0v) is 12.4. The third kappa shape index (κ3) is 4.21. The molecule has 1 rings (SSSR count). The van der Waals surface area contributed by atoms with Crippen LogP contribution in [0.25, 0.3) is 0 Å². The van der Waals surface area contributed by atoms with E-state index in [9.17, 15) is 9.59 Å². The molecule has 20 heavy (non-hydrogen) atoms. The van der Waals surface area contributed by atoms with Crippen molar-refractivity contribution in [2.45, 2.75) is 19.8 Å². The number of carbonyl (C=O) groups is 2. The minimum absolute atomic E-state index is 0.207. The van der Waals surface area contributed by atoms with Crippen molar-refractivity contribution in [3.63, 3.8) is 0 Å². The zero-order valence-electron chi connectivity index (χ0n) is 11.6. The lowest BCUT2D eigenvalue weighted by molar-refractivity contribution is -0.119. The Morgan fingerprint density at radius 3 is 2.70 bits per heavy atom. The van der Waals surface area contributed by atoms with Gasteiger partial charge < -0.3 is 15.8 Å². The number of ether oxygens (including phenoxy) is 1. The summed E-state index contributed by atoms with van der Waals surface area (Å²) in [6, 6.07) is 4.63. The van der Waals surface area contributed by atoms with E-state index in [1.165, 1.54) is 13.2 Å². The van der Waals surface area contributed by atoms with E-state index < -0.39 is 5.97 Å². The number of amides is 1. The van der Waals surface area contributed by atoms with Crippen LogP contribution in [0.5, 0.6) is 0 Å². The van der Waals surface area contributed by atoms with Crippen molar-refractivity contribution in [3.8, 4) is 0 Å². The average molecular weight is 299 g/mol. The maximum Gasteiger partial charge on any atom is 0.340 e. The van der Waals surface area contributed by atoms with Gasteiger partial charge in [0, 0.05) is 11.6 Å². The lowest BCUT2D eigenvalue weighted by Crippen LogP contribution is -2.29. The van der Waals surface area contributed by atoms with Gasteiger partial charge in [-0.1, -0.05) is 24.9 Å². The summed E-state index contributed by atoms with van der Waals surface area (Å²) in [5, 5.41) is 3.11. The van der Waals surface area contributed by atoms with Crippen LogP contribution in [-0.4, -0.2) is 25.5 Å². The van der Waals surface area contributed by atoms with Gasteiger partial charge in [-0.05, 0) is 24.6 Å². The maximum absolute atomic E-state index is 12.1. The van der Waals surface area contributed by atoms with Crippen molar-refractivity contribution in [1.29, 1.82) is 0 Å². The fourth-order valence-electron chi connectivity index (χ4n) is 1.84. The Kier molecular flexibility index (Phi) is 6.48. The van der Waals surface area contributed by atoms with Crippen molar-refractivity contribution in [2.75, 3.05) is 19.0 Å². The first kappa shape index (κ1) is 16.5. The molecule has 1 atom stereocenters. The lowest BCUT2D eigenvalue weighted by atomic mass is 10.0. The first-order valence-electron chi connectivity index (χ1n) is 6.42. The smallest absolute Gasteiger partial charge is 0.340 e. The Hall–Kier alpha value is -1.59. The molecule has 1 amide bonds. The zero-order chi connectivity index (χ0) is 15.1. The summed E-state index contributed by atoms with van der Waals surface area (Å²) in [5.41, 5.74) is 6.19. The highest BCUT2D eigenvalue weighted by molar-refractivity contribution is 6.31. The van der Waals surface area contributed by atoms with Crippen LogP contribution in [0.1, 0.15) is 30.1 Å². The van der Waals surface area contributed by atoms with Gasteiger partial charge >= 0.3 is 5.97 Å². The maximum atomic E-state index is 12.1. The molecule has 0 radical (unpaired) electrons. The monoisotopic (exact) mass is 298 g/mol. The quantitative estimate of drug-likeness (QED) is 0.790. The second kappa shape index (κ2) is 7.87. The normalized spacial score (nSPS) is 11.8. The number of anilines is 1. The van der Waals surface area contributed by atoms with Crippen molar-refractivity contribution in [1.82, 2.24) is 0 Å². The molecule has 0 aliphatic heterocycles. The van der Waals surface area contributed by atoms with Gasteiger partial charge in [-0.2, -0.15) is 0 Å². The largest absolute Gasteiger partial charge is 0.465 e. The van der Waals surface area contributed by atoms with Gasteiger partial charge in [-0.3, -0.25) is 4.79 Å². The van der Waals surface area contributed by atoms with Crippen LogP contribution in [0.3, 0.4) is 0 Å². The van der Waals surface area contributed by atoms with E-state index in [-0.39, 0.29) is 23.9 Å². The number of benzene rings is 1. The van der Waals surface area contributed by atoms with Crippen LogP contribution in [-0.2, 0) is 9.53 Å². The summed E-state index contributed by atoms with van der Waals surface area (Å²) in [6.07, 6.45) is 1.56. The number of halogens is 1. The van der Waals surface area contributed by atoms with Crippen LogP contribution >= 0.6 is 11.6 Å². The molecule has 0 aromatic heterocycles. The van der Waals surface area contributed by atoms with Crippen LogP contribution in [0.2, 0.25) is 5.02 Å².